The number of aromatic nitrogens is 3. The molecule has 0 unspecified atom stereocenters. The summed E-state index contributed by atoms with van der Waals surface area (Å²) < 4.78 is 11.7. The van der Waals surface area contributed by atoms with Crippen LogP contribution in [-0.2, 0) is 0 Å². The molecular weight excluding hydrogens is 749 g/mol. The van der Waals surface area contributed by atoms with E-state index in [0.717, 1.165) is 61.1 Å². The van der Waals surface area contributed by atoms with Crippen molar-refractivity contribution >= 4 is 102 Å². The van der Waals surface area contributed by atoms with Crippen LogP contribution in [0.3, 0.4) is 0 Å². The lowest BCUT2D eigenvalue weighted by molar-refractivity contribution is 0.669. The highest BCUT2D eigenvalue weighted by atomic mass is 32.1. The molecule has 12 rings (SSSR count). The van der Waals surface area contributed by atoms with Crippen molar-refractivity contribution < 1.29 is 4.42 Å². The zero-order valence-electron chi connectivity index (χ0n) is 30.8. The summed E-state index contributed by atoms with van der Waals surface area (Å²) >= 11 is 3.61. The first-order chi connectivity index (χ1) is 28.7. The lowest BCUT2D eigenvalue weighted by atomic mass is 10.0. The summed E-state index contributed by atoms with van der Waals surface area (Å²) in [4.78, 5) is 18.3. The number of para-hydroxylation sites is 2. The van der Waals surface area contributed by atoms with E-state index in [-0.39, 0.29) is 0 Å². The van der Waals surface area contributed by atoms with E-state index >= 15 is 0 Å². The van der Waals surface area contributed by atoms with Gasteiger partial charge in [-0.25, -0.2) is 15.0 Å². The molecule has 7 heteroatoms. The molecule has 0 saturated heterocycles. The Kier molecular flexibility index (Phi) is 7.51. The van der Waals surface area contributed by atoms with Gasteiger partial charge in [0.2, 0.25) is 0 Å². The van der Waals surface area contributed by atoms with Crippen LogP contribution >= 0.6 is 22.7 Å². The number of fused-ring (bicyclic) bond motifs is 9. The Labute approximate surface area is 340 Å². The number of nitrogens with zero attached hydrogens (tertiary/aromatic N) is 4. The standard InChI is InChI=1S/C51H30N4OS2/c1-3-15-31(16-4-1)49-52-50(37-22-13-27-44-47(37)35-20-8-11-25-42(35)57-44)54-51(53-49)38-29-33(30-41-46(38)34-19-7-10-24-40(34)56-41)55(32-17-5-2-6-18-32)39-23-14-28-45-48(39)36-21-9-12-26-43(36)58-45/h1-30H. The van der Waals surface area contributed by atoms with E-state index < -0.39 is 0 Å². The number of thiophene rings is 2. The Hall–Kier alpha value is -7.19. The SMILES string of the molecule is c1ccc(-c2nc(-c3cc(N(c4ccccc4)c4cccc5sc6ccccc6c45)cc4oc5ccccc5c34)nc(-c3cccc4sc5ccccc5c34)n2)cc1. The van der Waals surface area contributed by atoms with Crippen LogP contribution in [0, 0.1) is 0 Å². The van der Waals surface area contributed by atoms with E-state index in [1.807, 2.05) is 41.7 Å². The molecule has 0 aliphatic heterocycles. The number of furan rings is 1. The Balaban J connectivity index is 1.18. The summed E-state index contributed by atoms with van der Waals surface area (Å²) in [6.45, 7) is 0. The van der Waals surface area contributed by atoms with Gasteiger partial charge in [0.15, 0.2) is 17.5 Å². The van der Waals surface area contributed by atoms with Crippen molar-refractivity contribution in [3.8, 4) is 34.2 Å². The van der Waals surface area contributed by atoms with Gasteiger partial charge in [0, 0.05) is 79.6 Å². The van der Waals surface area contributed by atoms with Crippen LogP contribution in [0.1, 0.15) is 0 Å². The fraction of sp³-hybridized carbons (Fsp3) is 0. The largest absolute Gasteiger partial charge is 0.456 e. The van der Waals surface area contributed by atoms with Crippen molar-refractivity contribution in [3.63, 3.8) is 0 Å². The zero-order valence-corrected chi connectivity index (χ0v) is 32.5. The van der Waals surface area contributed by atoms with Crippen molar-refractivity contribution in [2.24, 2.45) is 0 Å². The Morgan fingerprint density at radius 2 is 0.948 bits per heavy atom. The maximum atomic E-state index is 6.75. The van der Waals surface area contributed by atoms with Crippen LogP contribution in [0.5, 0.6) is 0 Å². The average molecular weight is 779 g/mol. The first kappa shape index (κ1) is 33.0. The number of anilines is 3. The lowest BCUT2D eigenvalue weighted by Gasteiger charge is -2.27. The van der Waals surface area contributed by atoms with Crippen LogP contribution in [0.4, 0.5) is 17.1 Å². The molecule has 272 valence electrons. The molecule has 4 heterocycles. The van der Waals surface area contributed by atoms with Gasteiger partial charge in [0.25, 0.3) is 0 Å². The molecule has 0 aliphatic carbocycles. The molecule has 58 heavy (non-hydrogen) atoms. The van der Waals surface area contributed by atoms with Gasteiger partial charge in [0.1, 0.15) is 11.2 Å². The highest BCUT2D eigenvalue weighted by Gasteiger charge is 2.24. The molecule has 12 aromatic rings. The van der Waals surface area contributed by atoms with Gasteiger partial charge in [-0.3, -0.25) is 0 Å². The molecule has 4 aromatic heterocycles. The molecule has 0 bridgehead atoms. The Morgan fingerprint density at radius 3 is 1.71 bits per heavy atom. The normalized spacial score (nSPS) is 11.8. The highest BCUT2D eigenvalue weighted by Crippen LogP contribution is 2.48. The first-order valence-corrected chi connectivity index (χ1v) is 20.8. The van der Waals surface area contributed by atoms with Gasteiger partial charge < -0.3 is 9.32 Å². The first-order valence-electron chi connectivity index (χ1n) is 19.2. The van der Waals surface area contributed by atoms with Crippen LogP contribution in [0.2, 0.25) is 0 Å². The molecule has 0 spiro atoms. The molecule has 0 atom stereocenters. The third-order valence-corrected chi connectivity index (χ3v) is 13.2. The third-order valence-electron chi connectivity index (χ3n) is 10.9. The maximum absolute atomic E-state index is 6.75. The molecule has 0 amide bonds. The molecule has 5 nitrogen and oxygen atoms in total. The smallest absolute Gasteiger partial charge is 0.164 e. The maximum Gasteiger partial charge on any atom is 0.164 e. The molecular formula is C51H30N4OS2. The van der Waals surface area contributed by atoms with E-state index in [1.54, 1.807) is 11.3 Å². The fourth-order valence-corrected chi connectivity index (χ4v) is 10.6. The second-order valence-corrected chi connectivity index (χ2v) is 16.5. The summed E-state index contributed by atoms with van der Waals surface area (Å²) in [6.07, 6.45) is 0. The molecule has 0 saturated carbocycles. The predicted octanol–water partition coefficient (Wildman–Crippen LogP) is 15.0. The summed E-state index contributed by atoms with van der Waals surface area (Å²) in [5, 5.41) is 6.75. The lowest BCUT2D eigenvalue weighted by Crippen LogP contribution is -2.10. The average Bonchev–Trinajstić information content (AvgIpc) is 3.98. The van der Waals surface area contributed by atoms with Gasteiger partial charge in [-0.2, -0.15) is 0 Å². The van der Waals surface area contributed by atoms with Crippen molar-refractivity contribution in [1.29, 1.82) is 0 Å². The second-order valence-electron chi connectivity index (χ2n) is 14.3. The quantitative estimate of drug-likeness (QED) is 0.168. The molecule has 0 radical (unpaired) electrons. The minimum atomic E-state index is 0.575. The highest BCUT2D eigenvalue weighted by molar-refractivity contribution is 7.26. The van der Waals surface area contributed by atoms with E-state index in [1.165, 1.54) is 35.0 Å². The van der Waals surface area contributed by atoms with Crippen molar-refractivity contribution in [1.82, 2.24) is 15.0 Å². The van der Waals surface area contributed by atoms with Crippen LogP contribution < -0.4 is 4.90 Å². The van der Waals surface area contributed by atoms with E-state index in [2.05, 4.69) is 157 Å². The number of benzene rings is 8. The molecule has 8 aromatic carbocycles. The van der Waals surface area contributed by atoms with Crippen molar-refractivity contribution in [2.45, 2.75) is 0 Å². The van der Waals surface area contributed by atoms with E-state index in [4.69, 9.17) is 19.4 Å². The minimum Gasteiger partial charge on any atom is -0.456 e. The zero-order chi connectivity index (χ0) is 38.2. The van der Waals surface area contributed by atoms with Gasteiger partial charge in [-0.15, -0.1) is 22.7 Å². The summed E-state index contributed by atoms with van der Waals surface area (Å²) in [5.41, 5.74) is 7.37. The van der Waals surface area contributed by atoms with E-state index in [0.29, 0.717) is 17.5 Å². The van der Waals surface area contributed by atoms with E-state index in [9.17, 15) is 0 Å². The van der Waals surface area contributed by atoms with Gasteiger partial charge in [-0.1, -0.05) is 121 Å². The molecule has 0 fully saturated rings. The number of hydrogen-bond donors (Lipinski definition) is 0. The number of hydrogen-bond acceptors (Lipinski definition) is 7. The van der Waals surface area contributed by atoms with Crippen LogP contribution in [-0.4, -0.2) is 15.0 Å². The molecule has 0 aliphatic rings. The van der Waals surface area contributed by atoms with Crippen LogP contribution in [0.25, 0.3) is 96.4 Å². The minimum absolute atomic E-state index is 0.575. The topological polar surface area (TPSA) is 55.1 Å². The number of rotatable bonds is 6. The summed E-state index contributed by atoms with van der Waals surface area (Å²) in [6, 6.07) is 63.7. The molecule has 0 N–H and O–H groups in total. The predicted molar refractivity (Wildman–Crippen MR) is 244 cm³/mol. The van der Waals surface area contributed by atoms with Crippen LogP contribution in [0.15, 0.2) is 186 Å². The van der Waals surface area contributed by atoms with Gasteiger partial charge in [-0.05, 0) is 54.6 Å². The van der Waals surface area contributed by atoms with Gasteiger partial charge in [0.05, 0.1) is 11.4 Å². The van der Waals surface area contributed by atoms with Crippen molar-refractivity contribution in [2.75, 3.05) is 4.90 Å². The van der Waals surface area contributed by atoms with Gasteiger partial charge >= 0.3 is 0 Å². The monoisotopic (exact) mass is 778 g/mol. The summed E-state index contributed by atoms with van der Waals surface area (Å²) in [5.74, 6) is 1.81. The second kappa shape index (κ2) is 13.2. The Morgan fingerprint density at radius 1 is 0.379 bits per heavy atom. The third kappa shape index (κ3) is 5.25. The van der Waals surface area contributed by atoms with Crippen molar-refractivity contribution in [3.05, 3.63) is 182 Å². The Bertz CT molecular complexity index is 3530. The fourth-order valence-electron chi connectivity index (χ4n) is 8.39. The summed E-state index contributed by atoms with van der Waals surface area (Å²) in [7, 11) is 0.